The molecule has 0 saturated heterocycles. The van der Waals surface area contributed by atoms with Crippen LogP contribution in [0.25, 0.3) is 0 Å². The number of sulfonamides is 1. The molecule has 0 bridgehead atoms. The van der Waals surface area contributed by atoms with Crippen molar-refractivity contribution in [2.24, 2.45) is 0 Å². The molecule has 0 fully saturated rings. The molecule has 0 saturated carbocycles. The standard InChI is InChI=1S/C14H15IN2O3S/c1-2-20-13-8-5-11(16)9-14(13)21(18,19)17-12-6-3-10(15)4-7-12/h3-9,17H,2,16H2,1H3. The van der Waals surface area contributed by atoms with Crippen LogP contribution >= 0.6 is 22.6 Å². The van der Waals surface area contributed by atoms with Crippen LogP contribution in [0.2, 0.25) is 0 Å². The van der Waals surface area contributed by atoms with E-state index in [4.69, 9.17) is 10.5 Å². The van der Waals surface area contributed by atoms with Crippen molar-refractivity contribution in [3.05, 3.63) is 46.0 Å². The first-order chi connectivity index (χ1) is 9.92. The summed E-state index contributed by atoms with van der Waals surface area (Å²) in [5, 5.41) is 0. The third-order valence-corrected chi connectivity index (χ3v) is 4.78. The van der Waals surface area contributed by atoms with Crippen molar-refractivity contribution in [3.63, 3.8) is 0 Å². The Morgan fingerprint density at radius 1 is 1.19 bits per heavy atom. The fraction of sp³-hybridized carbons (Fsp3) is 0.143. The van der Waals surface area contributed by atoms with Gasteiger partial charge in [-0.2, -0.15) is 0 Å². The zero-order chi connectivity index (χ0) is 15.5. The summed E-state index contributed by atoms with van der Waals surface area (Å²) >= 11 is 2.15. The van der Waals surface area contributed by atoms with Gasteiger partial charge < -0.3 is 10.5 Å². The van der Waals surface area contributed by atoms with Gasteiger partial charge >= 0.3 is 0 Å². The number of nitrogens with two attached hydrogens (primary N) is 1. The lowest BCUT2D eigenvalue weighted by Gasteiger charge is -2.13. The summed E-state index contributed by atoms with van der Waals surface area (Å²) in [6, 6.07) is 11.6. The molecule has 0 aromatic heterocycles. The van der Waals surface area contributed by atoms with Crippen LogP contribution in [0.3, 0.4) is 0 Å². The molecule has 0 aliphatic heterocycles. The van der Waals surface area contributed by atoms with Crippen molar-refractivity contribution >= 4 is 44.0 Å². The summed E-state index contributed by atoms with van der Waals surface area (Å²) in [4.78, 5) is 0.0305. The van der Waals surface area contributed by atoms with Gasteiger partial charge in [0.2, 0.25) is 0 Å². The Bertz CT molecular complexity index is 730. The van der Waals surface area contributed by atoms with Gasteiger partial charge in [-0.3, -0.25) is 4.72 Å². The summed E-state index contributed by atoms with van der Waals surface area (Å²) in [6.07, 6.45) is 0. The van der Waals surface area contributed by atoms with Crippen molar-refractivity contribution < 1.29 is 13.2 Å². The maximum Gasteiger partial charge on any atom is 0.265 e. The Balaban J connectivity index is 2.39. The number of ether oxygens (including phenoxy) is 1. The second kappa shape index (κ2) is 6.52. The molecular formula is C14H15IN2O3S. The van der Waals surface area contributed by atoms with Gasteiger partial charge in [-0.05, 0) is 72.0 Å². The number of benzene rings is 2. The van der Waals surface area contributed by atoms with Crippen molar-refractivity contribution in [1.29, 1.82) is 0 Å². The van der Waals surface area contributed by atoms with Crippen LogP contribution in [0, 0.1) is 3.57 Å². The molecule has 0 radical (unpaired) electrons. The molecule has 0 aliphatic carbocycles. The van der Waals surface area contributed by atoms with Gasteiger partial charge in [-0.25, -0.2) is 8.42 Å². The first-order valence-corrected chi connectivity index (χ1v) is 8.79. The van der Waals surface area contributed by atoms with Crippen LogP contribution in [0.5, 0.6) is 5.75 Å². The molecule has 0 aliphatic rings. The number of anilines is 2. The molecule has 0 amide bonds. The Morgan fingerprint density at radius 3 is 2.48 bits per heavy atom. The van der Waals surface area contributed by atoms with E-state index in [1.807, 2.05) is 12.1 Å². The zero-order valence-electron chi connectivity index (χ0n) is 11.3. The van der Waals surface area contributed by atoms with E-state index in [-0.39, 0.29) is 10.6 Å². The minimum atomic E-state index is -3.76. The van der Waals surface area contributed by atoms with E-state index >= 15 is 0 Å². The topological polar surface area (TPSA) is 81.4 Å². The van der Waals surface area contributed by atoms with Gasteiger partial charge in [0.15, 0.2) is 0 Å². The molecule has 2 aromatic carbocycles. The molecule has 0 atom stereocenters. The Labute approximate surface area is 137 Å². The molecule has 2 aromatic rings. The van der Waals surface area contributed by atoms with E-state index in [9.17, 15) is 8.42 Å². The quantitative estimate of drug-likeness (QED) is 0.578. The Hall–Kier alpha value is -1.48. The van der Waals surface area contributed by atoms with Crippen molar-refractivity contribution in [2.75, 3.05) is 17.1 Å². The third kappa shape index (κ3) is 4.01. The predicted octanol–water partition coefficient (Wildman–Crippen LogP) is 3.07. The normalized spacial score (nSPS) is 11.1. The van der Waals surface area contributed by atoms with Crippen molar-refractivity contribution in [2.45, 2.75) is 11.8 Å². The highest BCUT2D eigenvalue weighted by Gasteiger charge is 2.20. The number of halogens is 1. The highest BCUT2D eigenvalue weighted by atomic mass is 127. The first-order valence-electron chi connectivity index (χ1n) is 6.23. The largest absolute Gasteiger partial charge is 0.492 e. The van der Waals surface area contributed by atoms with Crippen LogP contribution < -0.4 is 15.2 Å². The number of hydrogen-bond donors (Lipinski definition) is 2. The van der Waals surface area contributed by atoms with E-state index in [1.165, 1.54) is 6.07 Å². The van der Waals surface area contributed by atoms with Crippen LogP contribution in [0.4, 0.5) is 11.4 Å². The lowest BCUT2D eigenvalue weighted by Crippen LogP contribution is -2.15. The van der Waals surface area contributed by atoms with Gasteiger partial charge in [0.25, 0.3) is 10.0 Å². The minimum absolute atomic E-state index is 0.0305. The molecule has 0 unspecified atom stereocenters. The van der Waals surface area contributed by atoms with Gasteiger partial charge in [0, 0.05) is 14.9 Å². The van der Waals surface area contributed by atoms with E-state index in [1.54, 1.807) is 31.2 Å². The summed E-state index contributed by atoms with van der Waals surface area (Å²) in [7, 11) is -3.76. The van der Waals surface area contributed by atoms with Gasteiger partial charge in [-0.15, -0.1) is 0 Å². The van der Waals surface area contributed by atoms with Gasteiger partial charge in [0.1, 0.15) is 10.6 Å². The summed E-state index contributed by atoms with van der Waals surface area (Å²) in [5.41, 5.74) is 6.53. The van der Waals surface area contributed by atoms with Crippen molar-refractivity contribution in [3.8, 4) is 5.75 Å². The van der Waals surface area contributed by atoms with Crippen LogP contribution in [0.15, 0.2) is 47.4 Å². The van der Waals surface area contributed by atoms with Crippen LogP contribution in [-0.4, -0.2) is 15.0 Å². The fourth-order valence-corrected chi connectivity index (χ4v) is 3.34. The average Bonchev–Trinajstić information content (AvgIpc) is 2.43. The minimum Gasteiger partial charge on any atom is -0.492 e. The maximum absolute atomic E-state index is 12.5. The number of rotatable bonds is 5. The number of hydrogen-bond acceptors (Lipinski definition) is 4. The predicted molar refractivity (Wildman–Crippen MR) is 92.0 cm³/mol. The molecule has 7 heteroatoms. The fourth-order valence-electron chi connectivity index (χ4n) is 1.74. The summed E-state index contributed by atoms with van der Waals surface area (Å²) in [5.74, 6) is 0.282. The van der Waals surface area contributed by atoms with E-state index in [2.05, 4.69) is 27.3 Å². The second-order valence-electron chi connectivity index (χ2n) is 4.25. The van der Waals surface area contributed by atoms with Gasteiger partial charge in [0.05, 0.1) is 6.61 Å². The summed E-state index contributed by atoms with van der Waals surface area (Å²) in [6.45, 7) is 2.16. The Morgan fingerprint density at radius 2 is 1.86 bits per heavy atom. The molecule has 5 nitrogen and oxygen atoms in total. The third-order valence-electron chi connectivity index (χ3n) is 2.65. The van der Waals surface area contributed by atoms with Crippen LogP contribution in [-0.2, 0) is 10.0 Å². The number of nitrogens with one attached hydrogen (secondary N) is 1. The molecule has 112 valence electrons. The van der Waals surface area contributed by atoms with E-state index in [0.717, 1.165) is 3.57 Å². The summed E-state index contributed by atoms with van der Waals surface area (Å²) < 4.78 is 33.9. The SMILES string of the molecule is CCOc1ccc(N)cc1S(=O)(=O)Nc1ccc(I)cc1. The molecule has 0 spiro atoms. The number of nitrogen functional groups attached to an aromatic ring is 1. The molecule has 3 N–H and O–H groups in total. The lowest BCUT2D eigenvalue weighted by molar-refractivity contribution is 0.331. The highest BCUT2D eigenvalue weighted by molar-refractivity contribution is 14.1. The lowest BCUT2D eigenvalue weighted by atomic mass is 10.3. The van der Waals surface area contributed by atoms with Crippen molar-refractivity contribution in [1.82, 2.24) is 0 Å². The zero-order valence-corrected chi connectivity index (χ0v) is 14.3. The Kier molecular flexibility index (Phi) is 4.94. The highest BCUT2D eigenvalue weighted by Crippen LogP contribution is 2.28. The van der Waals surface area contributed by atoms with E-state index < -0.39 is 10.0 Å². The van der Waals surface area contributed by atoms with E-state index in [0.29, 0.717) is 18.0 Å². The smallest absolute Gasteiger partial charge is 0.265 e. The molecular weight excluding hydrogens is 403 g/mol. The maximum atomic E-state index is 12.5. The second-order valence-corrected chi connectivity index (χ2v) is 7.15. The molecule has 21 heavy (non-hydrogen) atoms. The average molecular weight is 418 g/mol. The molecule has 0 heterocycles. The van der Waals surface area contributed by atoms with Gasteiger partial charge in [-0.1, -0.05) is 0 Å². The monoisotopic (exact) mass is 418 g/mol. The van der Waals surface area contributed by atoms with Crippen LogP contribution in [0.1, 0.15) is 6.92 Å². The molecule has 2 rings (SSSR count). The first kappa shape index (κ1) is 15.9.